The van der Waals surface area contributed by atoms with Crippen molar-refractivity contribution in [3.63, 3.8) is 0 Å². The molecule has 1 aromatic rings. The standard InChI is InChI=1S/C11H20N4O4S/c1-7-9(8(10(16)17)14-13-7)20(18,19)12-6-11(2,3)15(4)5/h12H,6H2,1-5H3,(H,13,14)(H,16,17). The maximum absolute atomic E-state index is 12.3. The van der Waals surface area contributed by atoms with Crippen LogP contribution in [0.15, 0.2) is 4.90 Å². The molecule has 8 nitrogen and oxygen atoms in total. The van der Waals surface area contributed by atoms with Gasteiger partial charge in [-0.1, -0.05) is 0 Å². The quantitative estimate of drug-likeness (QED) is 0.683. The Hall–Kier alpha value is -1.45. The molecular weight excluding hydrogens is 284 g/mol. The summed E-state index contributed by atoms with van der Waals surface area (Å²) in [5.41, 5.74) is -0.719. The first-order chi connectivity index (χ1) is 8.99. The van der Waals surface area contributed by atoms with E-state index in [1.807, 2.05) is 32.8 Å². The zero-order valence-corrected chi connectivity index (χ0v) is 13.0. The molecule has 114 valence electrons. The molecule has 0 spiro atoms. The van der Waals surface area contributed by atoms with Crippen molar-refractivity contribution in [1.29, 1.82) is 0 Å². The van der Waals surface area contributed by atoms with E-state index in [1.54, 1.807) is 0 Å². The highest BCUT2D eigenvalue weighted by molar-refractivity contribution is 7.89. The molecule has 1 rings (SSSR count). The lowest BCUT2D eigenvalue weighted by molar-refractivity contribution is 0.0686. The van der Waals surface area contributed by atoms with Gasteiger partial charge in [0.2, 0.25) is 10.0 Å². The summed E-state index contributed by atoms with van der Waals surface area (Å²) in [5.74, 6) is -1.39. The number of aromatic carboxylic acids is 1. The number of sulfonamides is 1. The lowest BCUT2D eigenvalue weighted by Crippen LogP contribution is -2.48. The molecule has 0 atom stereocenters. The van der Waals surface area contributed by atoms with Crippen LogP contribution in [0.4, 0.5) is 0 Å². The molecule has 0 amide bonds. The summed E-state index contributed by atoms with van der Waals surface area (Å²) in [6, 6.07) is 0. The number of rotatable bonds is 6. The van der Waals surface area contributed by atoms with Crippen molar-refractivity contribution in [3.05, 3.63) is 11.4 Å². The van der Waals surface area contributed by atoms with E-state index in [2.05, 4.69) is 14.9 Å². The van der Waals surface area contributed by atoms with E-state index in [1.165, 1.54) is 6.92 Å². The largest absolute Gasteiger partial charge is 0.476 e. The molecular formula is C11H20N4O4S. The summed E-state index contributed by atoms with van der Waals surface area (Å²) in [6.07, 6.45) is 0. The number of hydrogen-bond donors (Lipinski definition) is 3. The van der Waals surface area contributed by atoms with Gasteiger partial charge >= 0.3 is 5.97 Å². The summed E-state index contributed by atoms with van der Waals surface area (Å²) < 4.78 is 26.9. The van der Waals surface area contributed by atoms with Gasteiger partial charge in [0.15, 0.2) is 5.69 Å². The van der Waals surface area contributed by atoms with Crippen LogP contribution in [-0.2, 0) is 10.0 Å². The number of aromatic amines is 1. The highest BCUT2D eigenvalue weighted by Gasteiger charge is 2.30. The fourth-order valence-electron chi connectivity index (χ4n) is 1.39. The maximum atomic E-state index is 12.3. The molecule has 3 N–H and O–H groups in total. The summed E-state index contributed by atoms with van der Waals surface area (Å²) in [6.45, 7) is 5.35. The zero-order chi connectivity index (χ0) is 15.7. The summed E-state index contributed by atoms with van der Waals surface area (Å²) in [5, 5.41) is 14.9. The molecule has 0 aliphatic heterocycles. The minimum Gasteiger partial charge on any atom is -0.476 e. The predicted octanol–water partition coefficient (Wildman–Crippen LogP) is 0.0348. The molecule has 0 saturated carbocycles. The molecule has 9 heteroatoms. The van der Waals surface area contributed by atoms with Crippen LogP contribution >= 0.6 is 0 Å². The molecule has 0 saturated heterocycles. The van der Waals surface area contributed by atoms with Crippen LogP contribution in [0.1, 0.15) is 30.0 Å². The summed E-state index contributed by atoms with van der Waals surface area (Å²) >= 11 is 0. The second-order valence-electron chi connectivity index (χ2n) is 5.36. The van der Waals surface area contributed by atoms with Gasteiger partial charge in [-0.15, -0.1) is 0 Å². The van der Waals surface area contributed by atoms with Crippen LogP contribution in [-0.4, -0.2) is 60.8 Å². The van der Waals surface area contributed by atoms with Crippen LogP contribution in [0.2, 0.25) is 0 Å². The second kappa shape index (κ2) is 5.51. The molecule has 0 aliphatic carbocycles. The van der Waals surface area contributed by atoms with Gasteiger partial charge in [0.05, 0.1) is 5.69 Å². The van der Waals surface area contributed by atoms with Gasteiger partial charge in [-0.3, -0.25) is 5.10 Å². The van der Waals surface area contributed by atoms with Gasteiger partial charge < -0.3 is 10.0 Å². The van der Waals surface area contributed by atoms with Crippen LogP contribution < -0.4 is 4.72 Å². The monoisotopic (exact) mass is 304 g/mol. The van der Waals surface area contributed by atoms with Crippen molar-refractivity contribution >= 4 is 16.0 Å². The van der Waals surface area contributed by atoms with Crippen molar-refractivity contribution in [3.8, 4) is 0 Å². The Morgan fingerprint density at radius 3 is 2.45 bits per heavy atom. The van der Waals surface area contributed by atoms with Crippen LogP contribution in [0.5, 0.6) is 0 Å². The van der Waals surface area contributed by atoms with Gasteiger partial charge in [0, 0.05) is 12.1 Å². The van der Waals surface area contributed by atoms with Crippen molar-refractivity contribution < 1.29 is 18.3 Å². The van der Waals surface area contributed by atoms with E-state index in [-0.39, 0.29) is 17.1 Å². The summed E-state index contributed by atoms with van der Waals surface area (Å²) in [7, 11) is -0.274. The third-order valence-electron chi connectivity index (χ3n) is 3.27. The zero-order valence-electron chi connectivity index (χ0n) is 12.2. The number of carboxylic acid groups (broad SMARTS) is 1. The predicted molar refractivity (Wildman–Crippen MR) is 73.2 cm³/mol. The first-order valence-electron chi connectivity index (χ1n) is 5.94. The first kappa shape index (κ1) is 16.6. The van der Waals surface area contributed by atoms with Gasteiger partial charge in [-0.2, -0.15) is 5.10 Å². The molecule has 0 radical (unpaired) electrons. The van der Waals surface area contributed by atoms with Crippen LogP contribution in [0.3, 0.4) is 0 Å². The molecule has 20 heavy (non-hydrogen) atoms. The molecule has 0 aliphatic rings. The van der Waals surface area contributed by atoms with Gasteiger partial charge in [0.25, 0.3) is 0 Å². The Morgan fingerprint density at radius 1 is 1.45 bits per heavy atom. The minimum atomic E-state index is -3.94. The van der Waals surface area contributed by atoms with E-state index in [0.717, 1.165) is 0 Å². The van der Waals surface area contributed by atoms with E-state index in [0.29, 0.717) is 0 Å². The lowest BCUT2D eigenvalue weighted by atomic mass is 10.1. The normalized spacial score (nSPS) is 12.9. The van der Waals surface area contributed by atoms with Crippen LogP contribution in [0.25, 0.3) is 0 Å². The highest BCUT2D eigenvalue weighted by Crippen LogP contribution is 2.18. The average Bonchev–Trinajstić information content (AvgIpc) is 2.69. The molecule has 0 aromatic carbocycles. The number of likely N-dealkylation sites (N-methyl/N-ethyl adjacent to an activating group) is 1. The Balaban J connectivity index is 3.07. The number of aromatic nitrogens is 2. The number of aryl methyl sites for hydroxylation is 1. The van der Waals surface area contributed by atoms with E-state index in [9.17, 15) is 13.2 Å². The lowest BCUT2D eigenvalue weighted by Gasteiger charge is -2.32. The van der Waals surface area contributed by atoms with E-state index in [4.69, 9.17) is 5.11 Å². The van der Waals surface area contributed by atoms with Gasteiger partial charge in [0.1, 0.15) is 4.90 Å². The molecule has 1 heterocycles. The molecule has 0 bridgehead atoms. The highest BCUT2D eigenvalue weighted by atomic mass is 32.2. The van der Waals surface area contributed by atoms with Crippen molar-refractivity contribution in [2.75, 3.05) is 20.6 Å². The molecule has 1 aromatic heterocycles. The minimum absolute atomic E-state index is 0.145. The van der Waals surface area contributed by atoms with Crippen molar-refractivity contribution in [2.45, 2.75) is 31.2 Å². The van der Waals surface area contributed by atoms with E-state index >= 15 is 0 Å². The number of nitrogens with one attached hydrogen (secondary N) is 2. The van der Waals surface area contributed by atoms with Gasteiger partial charge in [-0.25, -0.2) is 17.9 Å². The Bertz CT molecular complexity index is 604. The SMILES string of the molecule is Cc1[nH]nc(C(=O)O)c1S(=O)(=O)NCC(C)(C)N(C)C. The number of hydrogen-bond acceptors (Lipinski definition) is 5. The number of nitrogens with zero attached hydrogens (tertiary/aromatic N) is 2. The fourth-order valence-corrected chi connectivity index (χ4v) is 2.92. The maximum Gasteiger partial charge on any atom is 0.357 e. The topological polar surface area (TPSA) is 115 Å². The first-order valence-corrected chi connectivity index (χ1v) is 7.42. The number of H-pyrrole nitrogens is 1. The average molecular weight is 304 g/mol. The fraction of sp³-hybridized carbons (Fsp3) is 0.636. The third kappa shape index (κ3) is 3.35. The number of carbonyl (C=O) groups is 1. The molecule has 0 unspecified atom stereocenters. The van der Waals surface area contributed by atoms with Crippen molar-refractivity contribution in [1.82, 2.24) is 19.8 Å². The Morgan fingerprint density at radius 2 is 2.00 bits per heavy atom. The Kier molecular flexibility index (Phi) is 4.57. The Labute approximate surface area is 118 Å². The second-order valence-corrected chi connectivity index (χ2v) is 7.07. The van der Waals surface area contributed by atoms with Crippen LogP contribution in [0, 0.1) is 6.92 Å². The smallest absolute Gasteiger partial charge is 0.357 e. The third-order valence-corrected chi connectivity index (χ3v) is 4.83. The summed E-state index contributed by atoms with van der Waals surface area (Å²) in [4.78, 5) is 12.6. The van der Waals surface area contributed by atoms with Crippen molar-refractivity contribution in [2.24, 2.45) is 0 Å². The molecule has 0 fully saturated rings. The van der Waals surface area contributed by atoms with Gasteiger partial charge in [-0.05, 0) is 34.9 Å². The number of carboxylic acids is 1. The van der Waals surface area contributed by atoms with E-state index < -0.39 is 27.2 Å².